The summed E-state index contributed by atoms with van der Waals surface area (Å²) in [5.74, 6) is 0.0721. The summed E-state index contributed by atoms with van der Waals surface area (Å²) >= 11 is 0. The Balaban J connectivity index is 1.65. The number of hydrogen-bond donors (Lipinski definition) is 1. The Bertz CT molecular complexity index is 776. The SMILES string of the molecule is Cc1cc(C)c(NC(=O)CN2CC(c3ccccc3)CC2=O)c(C)c1. The van der Waals surface area contributed by atoms with Crippen LogP contribution >= 0.6 is 0 Å². The summed E-state index contributed by atoms with van der Waals surface area (Å²) in [4.78, 5) is 26.4. The Kier molecular flexibility index (Phi) is 4.88. The second-order valence-corrected chi connectivity index (χ2v) is 6.91. The molecule has 0 saturated carbocycles. The van der Waals surface area contributed by atoms with Gasteiger partial charge in [-0.1, -0.05) is 48.0 Å². The fraction of sp³-hybridized carbons (Fsp3) is 0.333. The average Bonchev–Trinajstić information content (AvgIpc) is 2.92. The maximum Gasteiger partial charge on any atom is 0.244 e. The van der Waals surface area contributed by atoms with E-state index in [1.807, 2.05) is 51.1 Å². The van der Waals surface area contributed by atoms with E-state index in [1.165, 1.54) is 5.56 Å². The Morgan fingerprint density at radius 1 is 1.12 bits per heavy atom. The summed E-state index contributed by atoms with van der Waals surface area (Å²) in [7, 11) is 0. The monoisotopic (exact) mass is 336 g/mol. The summed E-state index contributed by atoms with van der Waals surface area (Å²) in [5, 5.41) is 2.97. The molecule has 1 atom stereocenters. The van der Waals surface area contributed by atoms with Gasteiger partial charge in [0.1, 0.15) is 0 Å². The molecule has 1 saturated heterocycles. The van der Waals surface area contributed by atoms with Crippen LogP contribution in [0.3, 0.4) is 0 Å². The predicted octanol–water partition coefficient (Wildman–Crippen LogP) is 3.57. The molecule has 3 rings (SSSR count). The third-order valence-electron chi connectivity index (χ3n) is 4.76. The molecule has 130 valence electrons. The number of hydrogen-bond acceptors (Lipinski definition) is 2. The molecular weight excluding hydrogens is 312 g/mol. The van der Waals surface area contributed by atoms with Crippen molar-refractivity contribution in [2.75, 3.05) is 18.4 Å². The first-order chi connectivity index (χ1) is 11.9. The molecule has 1 unspecified atom stereocenters. The topological polar surface area (TPSA) is 49.4 Å². The van der Waals surface area contributed by atoms with Crippen LogP contribution in [0.25, 0.3) is 0 Å². The highest BCUT2D eigenvalue weighted by Gasteiger charge is 2.31. The minimum Gasteiger partial charge on any atom is -0.333 e. The van der Waals surface area contributed by atoms with E-state index in [1.54, 1.807) is 4.90 Å². The first-order valence-corrected chi connectivity index (χ1v) is 8.64. The van der Waals surface area contributed by atoms with Crippen molar-refractivity contribution >= 4 is 17.5 Å². The third-order valence-corrected chi connectivity index (χ3v) is 4.76. The van der Waals surface area contributed by atoms with Gasteiger partial charge in [0.15, 0.2) is 0 Å². The van der Waals surface area contributed by atoms with Gasteiger partial charge in [-0.2, -0.15) is 0 Å². The normalized spacial score (nSPS) is 17.0. The molecule has 1 aliphatic rings. The molecule has 0 aromatic heterocycles. The van der Waals surface area contributed by atoms with Crippen LogP contribution in [0.15, 0.2) is 42.5 Å². The molecule has 2 aromatic rings. The Labute approximate surface area is 148 Å². The number of nitrogens with one attached hydrogen (secondary N) is 1. The van der Waals surface area contributed by atoms with E-state index in [9.17, 15) is 9.59 Å². The van der Waals surface area contributed by atoms with Crippen molar-refractivity contribution in [1.82, 2.24) is 4.90 Å². The second-order valence-electron chi connectivity index (χ2n) is 6.91. The summed E-state index contributed by atoms with van der Waals surface area (Å²) in [6, 6.07) is 14.1. The zero-order chi connectivity index (χ0) is 18.0. The van der Waals surface area contributed by atoms with E-state index in [0.717, 1.165) is 22.4 Å². The van der Waals surface area contributed by atoms with Gasteiger partial charge in [-0.15, -0.1) is 0 Å². The van der Waals surface area contributed by atoms with Crippen molar-refractivity contribution in [2.24, 2.45) is 0 Å². The number of anilines is 1. The number of rotatable bonds is 4. The lowest BCUT2D eigenvalue weighted by molar-refractivity contribution is -0.131. The van der Waals surface area contributed by atoms with Crippen LogP contribution < -0.4 is 5.32 Å². The van der Waals surface area contributed by atoms with Crippen molar-refractivity contribution in [3.8, 4) is 0 Å². The van der Waals surface area contributed by atoms with Gasteiger partial charge in [0, 0.05) is 24.6 Å². The number of likely N-dealkylation sites (tertiary alicyclic amines) is 1. The van der Waals surface area contributed by atoms with Gasteiger partial charge in [0.05, 0.1) is 6.54 Å². The Hall–Kier alpha value is -2.62. The van der Waals surface area contributed by atoms with Gasteiger partial charge < -0.3 is 10.2 Å². The zero-order valence-corrected chi connectivity index (χ0v) is 15.0. The van der Waals surface area contributed by atoms with Crippen LogP contribution in [0.2, 0.25) is 0 Å². The molecule has 0 aliphatic carbocycles. The summed E-state index contributed by atoms with van der Waals surface area (Å²) in [6.07, 6.45) is 0.472. The first-order valence-electron chi connectivity index (χ1n) is 8.64. The van der Waals surface area contributed by atoms with E-state index < -0.39 is 0 Å². The molecule has 0 bridgehead atoms. The number of aryl methyl sites for hydroxylation is 3. The van der Waals surface area contributed by atoms with E-state index in [0.29, 0.717) is 13.0 Å². The lowest BCUT2D eigenvalue weighted by atomic mass is 9.99. The largest absolute Gasteiger partial charge is 0.333 e. The van der Waals surface area contributed by atoms with Crippen LogP contribution in [-0.2, 0) is 9.59 Å². The number of nitrogens with zero attached hydrogens (tertiary/aromatic N) is 1. The van der Waals surface area contributed by atoms with Crippen LogP contribution in [0.4, 0.5) is 5.69 Å². The molecule has 1 N–H and O–H groups in total. The molecule has 4 nitrogen and oxygen atoms in total. The second kappa shape index (κ2) is 7.09. The van der Waals surface area contributed by atoms with E-state index in [4.69, 9.17) is 0 Å². The lowest BCUT2D eigenvalue weighted by Crippen LogP contribution is -2.34. The van der Waals surface area contributed by atoms with Crippen molar-refractivity contribution in [3.05, 3.63) is 64.7 Å². The third kappa shape index (κ3) is 3.90. The number of carbonyl (C=O) groups excluding carboxylic acids is 2. The van der Waals surface area contributed by atoms with Crippen LogP contribution in [0.5, 0.6) is 0 Å². The maximum absolute atomic E-state index is 12.4. The summed E-state index contributed by atoms with van der Waals surface area (Å²) in [5.41, 5.74) is 5.26. The smallest absolute Gasteiger partial charge is 0.244 e. The minimum absolute atomic E-state index is 0.0429. The summed E-state index contributed by atoms with van der Waals surface area (Å²) < 4.78 is 0. The van der Waals surface area contributed by atoms with Gasteiger partial charge in [-0.05, 0) is 37.5 Å². The lowest BCUT2D eigenvalue weighted by Gasteiger charge is -2.18. The molecule has 2 amide bonds. The van der Waals surface area contributed by atoms with Crippen molar-refractivity contribution < 1.29 is 9.59 Å². The molecule has 0 radical (unpaired) electrons. The maximum atomic E-state index is 12.4. The van der Waals surface area contributed by atoms with Gasteiger partial charge in [-0.3, -0.25) is 9.59 Å². The highest BCUT2D eigenvalue weighted by Crippen LogP contribution is 2.28. The van der Waals surface area contributed by atoms with Crippen molar-refractivity contribution in [2.45, 2.75) is 33.1 Å². The molecule has 0 spiro atoms. The number of benzene rings is 2. The molecule has 25 heavy (non-hydrogen) atoms. The Morgan fingerprint density at radius 2 is 1.76 bits per heavy atom. The average molecular weight is 336 g/mol. The quantitative estimate of drug-likeness (QED) is 0.928. The number of amides is 2. The first kappa shape index (κ1) is 17.2. The summed E-state index contributed by atoms with van der Waals surface area (Å²) in [6.45, 7) is 6.72. The number of carbonyl (C=O) groups is 2. The van der Waals surface area contributed by atoms with Gasteiger partial charge in [0.2, 0.25) is 11.8 Å². The predicted molar refractivity (Wildman–Crippen MR) is 99.7 cm³/mol. The fourth-order valence-electron chi connectivity index (χ4n) is 3.60. The van der Waals surface area contributed by atoms with E-state index in [2.05, 4.69) is 17.4 Å². The van der Waals surface area contributed by atoms with E-state index in [-0.39, 0.29) is 24.3 Å². The molecule has 1 fully saturated rings. The van der Waals surface area contributed by atoms with Crippen LogP contribution in [0.1, 0.15) is 34.6 Å². The van der Waals surface area contributed by atoms with Crippen molar-refractivity contribution in [3.63, 3.8) is 0 Å². The Morgan fingerprint density at radius 3 is 2.40 bits per heavy atom. The molecule has 1 heterocycles. The molecule has 4 heteroatoms. The van der Waals surface area contributed by atoms with Crippen LogP contribution in [0, 0.1) is 20.8 Å². The standard InChI is InChI=1S/C21H24N2O2/c1-14-9-15(2)21(16(3)10-14)22-19(24)13-23-12-18(11-20(23)25)17-7-5-4-6-8-17/h4-10,18H,11-13H2,1-3H3,(H,22,24). The molecule has 2 aromatic carbocycles. The zero-order valence-electron chi connectivity index (χ0n) is 15.0. The minimum atomic E-state index is -0.142. The van der Waals surface area contributed by atoms with Crippen molar-refractivity contribution in [1.29, 1.82) is 0 Å². The fourth-order valence-corrected chi connectivity index (χ4v) is 3.60. The van der Waals surface area contributed by atoms with Gasteiger partial charge >= 0.3 is 0 Å². The molecule has 1 aliphatic heterocycles. The highest BCUT2D eigenvalue weighted by atomic mass is 16.2. The van der Waals surface area contributed by atoms with Crippen LogP contribution in [-0.4, -0.2) is 29.8 Å². The highest BCUT2D eigenvalue weighted by molar-refractivity contribution is 5.96. The molecular formula is C21H24N2O2. The van der Waals surface area contributed by atoms with E-state index >= 15 is 0 Å². The van der Waals surface area contributed by atoms with Gasteiger partial charge in [-0.25, -0.2) is 0 Å². The van der Waals surface area contributed by atoms with Gasteiger partial charge in [0.25, 0.3) is 0 Å².